The van der Waals surface area contributed by atoms with Crippen LogP contribution in [0.2, 0.25) is 0 Å². The molecule has 0 bridgehead atoms. The van der Waals surface area contributed by atoms with Crippen molar-refractivity contribution in [2.24, 2.45) is 11.0 Å². The Kier molecular flexibility index (Phi) is 7.02. The van der Waals surface area contributed by atoms with Crippen molar-refractivity contribution in [2.75, 3.05) is 5.01 Å². The van der Waals surface area contributed by atoms with Gasteiger partial charge in [0.15, 0.2) is 0 Å². The largest absolute Gasteiger partial charge is 0.431 e. The van der Waals surface area contributed by atoms with Crippen molar-refractivity contribution in [3.8, 4) is 22.9 Å². The van der Waals surface area contributed by atoms with Gasteiger partial charge in [-0.3, -0.25) is 9.80 Å². The van der Waals surface area contributed by atoms with Crippen molar-refractivity contribution in [3.63, 3.8) is 0 Å². The maximum atomic E-state index is 14.2. The van der Waals surface area contributed by atoms with Crippen LogP contribution in [0.1, 0.15) is 25.8 Å². The zero-order valence-corrected chi connectivity index (χ0v) is 19.3. The standard InChI is InChI=1S/C25H22F4N4O3/c1-14(35)9-22-15(2)23(25(27,28)29)32-33(22)18-4-6-19(7-5-18)36-24-30-11-17(12-31-24)20-10-16(13-34)3-8-21(20)26/h3-8,10-12,15,22,34H,9,13H2,1-2H3/t15-,22-/m0/s1. The third kappa shape index (κ3) is 5.35. The predicted molar refractivity (Wildman–Crippen MR) is 124 cm³/mol. The molecule has 2 heterocycles. The highest BCUT2D eigenvalue weighted by Crippen LogP contribution is 2.37. The minimum atomic E-state index is -4.60. The number of ether oxygens (including phenoxy) is 1. The van der Waals surface area contributed by atoms with E-state index in [0.717, 1.165) is 0 Å². The fourth-order valence-corrected chi connectivity index (χ4v) is 3.97. The lowest BCUT2D eigenvalue weighted by molar-refractivity contribution is -0.117. The van der Waals surface area contributed by atoms with Gasteiger partial charge in [0, 0.05) is 35.9 Å². The first-order chi connectivity index (χ1) is 17.1. The Labute approximate surface area is 204 Å². The Bertz CT molecular complexity index is 1280. The van der Waals surface area contributed by atoms with E-state index in [-0.39, 0.29) is 30.4 Å². The summed E-state index contributed by atoms with van der Waals surface area (Å²) < 4.78 is 60.0. The molecule has 0 fully saturated rings. The summed E-state index contributed by atoms with van der Waals surface area (Å²) in [7, 11) is 0. The van der Waals surface area contributed by atoms with Crippen molar-refractivity contribution >= 4 is 17.2 Å². The zero-order chi connectivity index (χ0) is 26.0. The van der Waals surface area contributed by atoms with Crippen LogP contribution >= 0.6 is 0 Å². The monoisotopic (exact) mass is 502 g/mol. The lowest BCUT2D eigenvalue weighted by Crippen LogP contribution is -2.36. The maximum absolute atomic E-state index is 14.2. The lowest BCUT2D eigenvalue weighted by Gasteiger charge is -2.25. The fraction of sp³-hybridized carbons (Fsp3) is 0.280. The van der Waals surface area contributed by atoms with Crippen LogP contribution < -0.4 is 9.75 Å². The van der Waals surface area contributed by atoms with Crippen molar-refractivity contribution in [1.29, 1.82) is 0 Å². The topological polar surface area (TPSA) is 87.9 Å². The average molecular weight is 502 g/mol. The smallest absolute Gasteiger partial charge is 0.424 e. The van der Waals surface area contributed by atoms with Crippen LogP contribution in [0.5, 0.6) is 11.8 Å². The minimum Gasteiger partial charge on any atom is -0.424 e. The van der Waals surface area contributed by atoms with E-state index in [1.807, 2.05) is 0 Å². The number of halogens is 4. The molecule has 4 rings (SSSR count). The van der Waals surface area contributed by atoms with Gasteiger partial charge >= 0.3 is 12.2 Å². The van der Waals surface area contributed by atoms with Gasteiger partial charge in [-0.1, -0.05) is 13.0 Å². The number of rotatable bonds is 7. The van der Waals surface area contributed by atoms with Crippen LogP contribution in [0.15, 0.2) is 60.0 Å². The van der Waals surface area contributed by atoms with Crippen molar-refractivity contribution in [1.82, 2.24) is 9.97 Å². The molecule has 1 aliphatic rings. The van der Waals surface area contributed by atoms with E-state index in [0.29, 0.717) is 22.6 Å². The molecule has 3 aromatic rings. The predicted octanol–water partition coefficient (Wildman–Crippen LogP) is 5.29. The number of alkyl halides is 3. The van der Waals surface area contributed by atoms with E-state index in [1.54, 1.807) is 0 Å². The Morgan fingerprint density at radius 3 is 2.36 bits per heavy atom. The SMILES string of the molecule is CC(=O)C[C@H]1[C@H](C)C(C(F)(F)F)=NN1c1ccc(Oc2ncc(-c3cc(CO)ccc3F)cn2)cc1. The number of hydrogen-bond acceptors (Lipinski definition) is 7. The van der Waals surface area contributed by atoms with E-state index >= 15 is 0 Å². The van der Waals surface area contributed by atoms with E-state index < -0.39 is 29.7 Å². The molecule has 0 amide bonds. The summed E-state index contributed by atoms with van der Waals surface area (Å²) in [5.41, 5.74) is 0.606. The summed E-state index contributed by atoms with van der Waals surface area (Å²) in [6.07, 6.45) is -1.92. The Hall–Kier alpha value is -3.86. The summed E-state index contributed by atoms with van der Waals surface area (Å²) in [5.74, 6) is -1.38. The highest BCUT2D eigenvalue weighted by Gasteiger charge is 2.48. The van der Waals surface area contributed by atoms with Crippen LogP contribution in [-0.2, 0) is 11.4 Å². The second kappa shape index (κ2) is 10.0. The Morgan fingerprint density at radius 1 is 1.11 bits per heavy atom. The molecule has 1 aromatic heterocycles. The van der Waals surface area contributed by atoms with Crippen LogP contribution in [0.3, 0.4) is 0 Å². The molecule has 0 unspecified atom stereocenters. The van der Waals surface area contributed by atoms with Crippen LogP contribution in [0, 0.1) is 11.7 Å². The number of anilines is 1. The van der Waals surface area contributed by atoms with Crippen molar-refractivity contribution in [2.45, 2.75) is 39.1 Å². The molecule has 36 heavy (non-hydrogen) atoms. The highest BCUT2D eigenvalue weighted by molar-refractivity contribution is 5.96. The number of ketones is 1. The number of nitrogens with zero attached hydrogens (tertiary/aromatic N) is 4. The van der Waals surface area contributed by atoms with Gasteiger partial charge in [0.1, 0.15) is 23.1 Å². The highest BCUT2D eigenvalue weighted by atomic mass is 19.4. The molecule has 2 aromatic carbocycles. The fourth-order valence-electron chi connectivity index (χ4n) is 3.97. The number of carbonyl (C=O) groups is 1. The number of aliphatic hydroxyl groups excluding tert-OH is 1. The minimum absolute atomic E-state index is 0.0214. The molecule has 0 aliphatic carbocycles. The molecule has 1 N–H and O–H groups in total. The summed E-state index contributed by atoms with van der Waals surface area (Å²) in [5, 5.41) is 14.3. The van der Waals surface area contributed by atoms with Crippen LogP contribution in [0.4, 0.5) is 23.2 Å². The van der Waals surface area contributed by atoms with Gasteiger partial charge in [0.2, 0.25) is 0 Å². The number of hydrazone groups is 1. The normalized spacial score (nSPS) is 17.8. The van der Waals surface area contributed by atoms with Gasteiger partial charge in [-0.2, -0.15) is 18.3 Å². The molecule has 0 spiro atoms. The number of Topliss-reactive ketones (excluding diaryl/α,β-unsaturated/α-hetero) is 1. The molecular formula is C25H22F4N4O3. The second-order valence-electron chi connectivity index (χ2n) is 8.41. The Morgan fingerprint density at radius 2 is 1.78 bits per heavy atom. The maximum Gasteiger partial charge on any atom is 0.431 e. The molecule has 7 nitrogen and oxygen atoms in total. The molecular weight excluding hydrogens is 480 g/mol. The van der Waals surface area contributed by atoms with Gasteiger partial charge in [-0.15, -0.1) is 0 Å². The number of hydrogen-bond donors (Lipinski definition) is 1. The second-order valence-corrected chi connectivity index (χ2v) is 8.41. The van der Waals surface area contributed by atoms with Gasteiger partial charge in [-0.25, -0.2) is 14.4 Å². The first kappa shape index (κ1) is 25.2. The summed E-state index contributed by atoms with van der Waals surface area (Å²) >= 11 is 0. The average Bonchev–Trinajstić information content (AvgIpc) is 3.16. The van der Waals surface area contributed by atoms with Gasteiger partial charge in [0.25, 0.3) is 0 Å². The third-order valence-corrected chi connectivity index (χ3v) is 5.79. The molecule has 188 valence electrons. The van der Waals surface area contributed by atoms with E-state index in [2.05, 4.69) is 15.1 Å². The number of aromatic nitrogens is 2. The first-order valence-electron chi connectivity index (χ1n) is 11.0. The number of benzene rings is 2. The quantitative estimate of drug-likeness (QED) is 0.442. The van der Waals surface area contributed by atoms with Gasteiger partial charge in [0.05, 0.1) is 18.3 Å². The molecule has 0 saturated carbocycles. The molecule has 0 saturated heterocycles. The summed E-state index contributed by atoms with van der Waals surface area (Å²) in [6, 6.07) is 9.54. The van der Waals surface area contributed by atoms with Gasteiger partial charge < -0.3 is 9.84 Å². The van der Waals surface area contributed by atoms with Gasteiger partial charge in [-0.05, 0) is 48.9 Å². The zero-order valence-electron chi connectivity index (χ0n) is 19.3. The van der Waals surface area contributed by atoms with E-state index in [1.165, 1.54) is 73.7 Å². The summed E-state index contributed by atoms with van der Waals surface area (Å²) in [6.45, 7) is 2.50. The van der Waals surface area contributed by atoms with E-state index in [9.17, 15) is 27.5 Å². The molecule has 2 atom stereocenters. The first-order valence-corrected chi connectivity index (χ1v) is 11.0. The van der Waals surface area contributed by atoms with Crippen LogP contribution in [-0.4, -0.2) is 38.8 Å². The summed E-state index contributed by atoms with van der Waals surface area (Å²) in [4.78, 5) is 19.8. The molecule has 0 radical (unpaired) electrons. The van der Waals surface area contributed by atoms with E-state index in [4.69, 9.17) is 4.74 Å². The molecule has 1 aliphatic heterocycles. The third-order valence-electron chi connectivity index (χ3n) is 5.79. The lowest BCUT2D eigenvalue weighted by atomic mass is 9.93. The Balaban J connectivity index is 1.51. The molecule has 11 heteroatoms. The van der Waals surface area contributed by atoms with Crippen molar-refractivity contribution in [3.05, 3.63) is 66.2 Å². The van der Waals surface area contributed by atoms with Crippen LogP contribution in [0.25, 0.3) is 11.1 Å². The number of aliphatic hydroxyl groups is 1. The number of carbonyl (C=O) groups excluding carboxylic acids is 1. The van der Waals surface area contributed by atoms with Crippen molar-refractivity contribution < 1.29 is 32.2 Å².